The monoisotopic (exact) mass is 254 g/mol. The Kier molecular flexibility index (Phi) is 4.24. The molecule has 0 atom stereocenters. The van der Waals surface area contributed by atoms with Gasteiger partial charge in [0.15, 0.2) is 11.5 Å². The van der Waals surface area contributed by atoms with Crippen molar-refractivity contribution < 1.29 is 9.47 Å². The van der Waals surface area contributed by atoms with Gasteiger partial charge in [-0.25, -0.2) is 0 Å². The zero-order valence-corrected chi connectivity index (χ0v) is 11.5. The number of hydrogen-bond donors (Lipinski definition) is 0. The number of hydrogen-bond acceptors (Lipinski definition) is 2. The lowest BCUT2D eigenvalue weighted by atomic mass is 10.0. The molecule has 0 bridgehead atoms. The second kappa shape index (κ2) is 6.10. The molecule has 2 aromatic rings. The third kappa shape index (κ3) is 3.16. The number of rotatable bonds is 4. The Balaban J connectivity index is 2.33. The highest BCUT2D eigenvalue weighted by atomic mass is 16.5. The minimum Gasteiger partial charge on any atom is -0.493 e. The fourth-order valence-corrected chi connectivity index (χ4v) is 1.98. The van der Waals surface area contributed by atoms with Crippen LogP contribution in [-0.4, -0.2) is 14.2 Å². The molecule has 98 valence electrons. The molecule has 0 N–H and O–H groups in total. The van der Waals surface area contributed by atoms with Crippen molar-refractivity contribution in [2.24, 2.45) is 0 Å². The summed E-state index contributed by atoms with van der Waals surface area (Å²) in [6, 6.07) is 16.2. The summed E-state index contributed by atoms with van der Waals surface area (Å²) < 4.78 is 10.5. The average molecular weight is 254 g/mol. The second-order valence-electron chi connectivity index (χ2n) is 4.31. The van der Waals surface area contributed by atoms with Crippen LogP contribution in [0.5, 0.6) is 11.5 Å². The molecule has 0 aliphatic heterocycles. The number of benzene rings is 2. The predicted molar refractivity (Wildman–Crippen MR) is 79.5 cm³/mol. The van der Waals surface area contributed by atoms with Crippen molar-refractivity contribution >= 4 is 11.6 Å². The number of ether oxygens (including phenoxy) is 2. The van der Waals surface area contributed by atoms with Crippen LogP contribution in [0.2, 0.25) is 0 Å². The van der Waals surface area contributed by atoms with Gasteiger partial charge in [-0.15, -0.1) is 0 Å². The van der Waals surface area contributed by atoms with Crippen molar-refractivity contribution in [3.05, 3.63) is 59.7 Å². The summed E-state index contributed by atoms with van der Waals surface area (Å²) in [6.07, 6.45) is 2.14. The van der Waals surface area contributed by atoms with Gasteiger partial charge in [-0.1, -0.05) is 42.5 Å². The lowest BCUT2D eigenvalue weighted by molar-refractivity contribution is 0.355. The predicted octanol–water partition coefficient (Wildman–Crippen LogP) is 4.26. The maximum absolute atomic E-state index is 5.31. The second-order valence-corrected chi connectivity index (χ2v) is 4.31. The summed E-state index contributed by atoms with van der Waals surface area (Å²) in [5.41, 5.74) is 3.53. The van der Waals surface area contributed by atoms with Crippen molar-refractivity contribution in [1.29, 1.82) is 0 Å². The van der Waals surface area contributed by atoms with Crippen LogP contribution in [0.15, 0.2) is 48.5 Å². The van der Waals surface area contributed by atoms with E-state index in [2.05, 4.69) is 25.1 Å². The van der Waals surface area contributed by atoms with Crippen molar-refractivity contribution in [2.45, 2.75) is 6.92 Å². The largest absolute Gasteiger partial charge is 0.493 e. The molecule has 2 heteroatoms. The van der Waals surface area contributed by atoms with E-state index in [0.29, 0.717) is 0 Å². The summed E-state index contributed by atoms with van der Waals surface area (Å²) in [7, 11) is 3.29. The van der Waals surface area contributed by atoms with Crippen LogP contribution in [0.25, 0.3) is 11.6 Å². The molecule has 2 aromatic carbocycles. The van der Waals surface area contributed by atoms with Crippen LogP contribution < -0.4 is 9.47 Å². The van der Waals surface area contributed by atoms with Crippen LogP contribution in [0.1, 0.15) is 18.1 Å². The van der Waals surface area contributed by atoms with Gasteiger partial charge in [0.1, 0.15) is 0 Å². The Bertz CT molecular complexity index is 571. The summed E-state index contributed by atoms with van der Waals surface area (Å²) in [5, 5.41) is 0. The van der Waals surface area contributed by atoms with Gasteiger partial charge in [-0.05, 0) is 35.8 Å². The molecular formula is C17H18O2. The van der Waals surface area contributed by atoms with Crippen LogP contribution in [0, 0.1) is 0 Å². The topological polar surface area (TPSA) is 18.5 Å². The molecule has 0 spiro atoms. The van der Waals surface area contributed by atoms with Crippen molar-refractivity contribution in [3.63, 3.8) is 0 Å². The Morgan fingerprint density at radius 1 is 0.895 bits per heavy atom. The molecule has 0 heterocycles. The van der Waals surface area contributed by atoms with E-state index in [0.717, 1.165) is 17.1 Å². The minimum atomic E-state index is 0.747. The molecule has 0 aromatic heterocycles. The van der Waals surface area contributed by atoms with E-state index >= 15 is 0 Å². The van der Waals surface area contributed by atoms with Gasteiger partial charge in [-0.2, -0.15) is 0 Å². The smallest absolute Gasteiger partial charge is 0.161 e. The van der Waals surface area contributed by atoms with E-state index in [-0.39, 0.29) is 0 Å². The van der Waals surface area contributed by atoms with E-state index in [1.807, 2.05) is 36.4 Å². The van der Waals surface area contributed by atoms with Crippen molar-refractivity contribution in [2.75, 3.05) is 14.2 Å². The van der Waals surface area contributed by atoms with Gasteiger partial charge in [0.05, 0.1) is 14.2 Å². The fraction of sp³-hybridized carbons (Fsp3) is 0.176. The standard InChI is InChI=1S/C17H18O2/c1-13(15-7-5-4-6-8-15)11-14-9-10-16(18-2)17(12-14)19-3/h4-12H,1-3H3. The molecule has 0 saturated heterocycles. The van der Waals surface area contributed by atoms with Gasteiger partial charge < -0.3 is 9.47 Å². The number of allylic oxidation sites excluding steroid dienone is 1. The van der Waals surface area contributed by atoms with Crippen LogP contribution in [0.3, 0.4) is 0 Å². The highest BCUT2D eigenvalue weighted by molar-refractivity contribution is 5.80. The summed E-state index contributed by atoms with van der Waals surface area (Å²) in [4.78, 5) is 0. The van der Waals surface area contributed by atoms with Crippen LogP contribution in [-0.2, 0) is 0 Å². The normalized spacial score (nSPS) is 11.2. The fourth-order valence-electron chi connectivity index (χ4n) is 1.98. The van der Waals surface area contributed by atoms with Gasteiger partial charge in [0.2, 0.25) is 0 Å². The third-order valence-corrected chi connectivity index (χ3v) is 3.02. The summed E-state index contributed by atoms with van der Waals surface area (Å²) in [5.74, 6) is 1.49. The Labute approximate surface area is 114 Å². The van der Waals surface area contributed by atoms with E-state index in [1.54, 1.807) is 14.2 Å². The first-order valence-electron chi connectivity index (χ1n) is 6.20. The van der Waals surface area contributed by atoms with E-state index < -0.39 is 0 Å². The molecular weight excluding hydrogens is 236 g/mol. The molecule has 19 heavy (non-hydrogen) atoms. The Morgan fingerprint density at radius 3 is 2.21 bits per heavy atom. The van der Waals surface area contributed by atoms with E-state index in [9.17, 15) is 0 Å². The first kappa shape index (κ1) is 13.2. The SMILES string of the molecule is COc1ccc(C=C(C)c2ccccc2)cc1OC. The molecule has 0 aliphatic carbocycles. The van der Waals surface area contributed by atoms with Crippen LogP contribution in [0.4, 0.5) is 0 Å². The van der Waals surface area contributed by atoms with Gasteiger partial charge in [0, 0.05) is 0 Å². The third-order valence-electron chi connectivity index (χ3n) is 3.02. The minimum absolute atomic E-state index is 0.747. The van der Waals surface area contributed by atoms with E-state index in [1.165, 1.54) is 11.1 Å². The highest BCUT2D eigenvalue weighted by Crippen LogP contribution is 2.29. The average Bonchev–Trinajstić information content (AvgIpc) is 2.48. The molecule has 0 amide bonds. The molecule has 2 nitrogen and oxygen atoms in total. The van der Waals surface area contributed by atoms with Crippen molar-refractivity contribution in [1.82, 2.24) is 0 Å². The van der Waals surface area contributed by atoms with Gasteiger partial charge in [0.25, 0.3) is 0 Å². The lowest BCUT2D eigenvalue weighted by Crippen LogP contribution is -1.90. The quantitative estimate of drug-likeness (QED) is 0.759. The molecule has 0 fully saturated rings. The van der Waals surface area contributed by atoms with Gasteiger partial charge >= 0.3 is 0 Å². The first-order chi connectivity index (χ1) is 9.24. The van der Waals surface area contributed by atoms with Crippen molar-refractivity contribution in [3.8, 4) is 11.5 Å². The van der Waals surface area contributed by atoms with Crippen LogP contribution >= 0.6 is 0 Å². The zero-order chi connectivity index (χ0) is 13.7. The Morgan fingerprint density at radius 2 is 1.58 bits per heavy atom. The number of methoxy groups -OCH3 is 2. The summed E-state index contributed by atoms with van der Waals surface area (Å²) >= 11 is 0. The van der Waals surface area contributed by atoms with E-state index in [4.69, 9.17) is 9.47 Å². The molecule has 0 radical (unpaired) electrons. The van der Waals surface area contributed by atoms with Gasteiger partial charge in [-0.3, -0.25) is 0 Å². The molecule has 0 aliphatic rings. The summed E-state index contributed by atoms with van der Waals surface area (Å²) in [6.45, 7) is 2.10. The highest BCUT2D eigenvalue weighted by Gasteiger charge is 2.03. The molecule has 2 rings (SSSR count). The molecule has 0 unspecified atom stereocenters. The maximum Gasteiger partial charge on any atom is 0.161 e. The maximum atomic E-state index is 5.31. The zero-order valence-electron chi connectivity index (χ0n) is 11.5. The first-order valence-corrected chi connectivity index (χ1v) is 6.20. The Hall–Kier alpha value is -2.22. The molecule has 0 saturated carbocycles. The lowest BCUT2D eigenvalue weighted by Gasteiger charge is -2.08.